The summed E-state index contributed by atoms with van der Waals surface area (Å²) in [5, 5.41) is 0. The number of hydrogen-bond donors (Lipinski definition) is 1. The average molecular weight is 336 g/mol. The number of thiocarbonyl (C=S) groups is 1. The predicted octanol–water partition coefficient (Wildman–Crippen LogP) is 4.44. The Morgan fingerprint density at radius 3 is 2.68 bits per heavy atom. The van der Waals surface area contributed by atoms with Gasteiger partial charge in [-0.3, -0.25) is 0 Å². The van der Waals surface area contributed by atoms with Gasteiger partial charge in [-0.1, -0.05) is 37.3 Å². The smallest absolute Gasteiger partial charge is 0.138 e. The Labute approximate surface area is 126 Å². The van der Waals surface area contributed by atoms with Gasteiger partial charge in [0.15, 0.2) is 0 Å². The molecule has 0 unspecified atom stereocenters. The Bertz CT molecular complexity index is 613. The molecule has 0 saturated heterocycles. The third-order valence-electron chi connectivity index (χ3n) is 2.76. The fraction of sp³-hybridized carbons (Fsp3) is 0.133. The Hall–Kier alpha value is -1.39. The lowest BCUT2D eigenvalue weighted by molar-refractivity contribution is 0.480. The lowest BCUT2D eigenvalue weighted by Gasteiger charge is -2.12. The van der Waals surface area contributed by atoms with Gasteiger partial charge in [-0.25, -0.2) is 0 Å². The van der Waals surface area contributed by atoms with Crippen molar-refractivity contribution in [3.63, 3.8) is 0 Å². The van der Waals surface area contributed by atoms with Gasteiger partial charge in [-0.05, 0) is 52.2 Å². The minimum Gasteiger partial charge on any atom is -0.457 e. The van der Waals surface area contributed by atoms with E-state index >= 15 is 0 Å². The fourth-order valence-electron chi connectivity index (χ4n) is 1.78. The zero-order chi connectivity index (χ0) is 13.8. The first-order valence-corrected chi connectivity index (χ1v) is 7.17. The van der Waals surface area contributed by atoms with Crippen LogP contribution in [-0.4, -0.2) is 4.99 Å². The van der Waals surface area contributed by atoms with E-state index in [1.165, 1.54) is 5.56 Å². The normalized spacial score (nSPS) is 10.2. The van der Waals surface area contributed by atoms with E-state index in [0.29, 0.717) is 10.7 Å². The molecule has 2 N–H and O–H groups in total. The number of aryl methyl sites for hydroxylation is 1. The number of benzene rings is 2. The van der Waals surface area contributed by atoms with Crippen LogP contribution in [0.4, 0.5) is 0 Å². The minimum absolute atomic E-state index is 0.314. The minimum atomic E-state index is 0.314. The molecule has 2 nitrogen and oxygen atoms in total. The summed E-state index contributed by atoms with van der Waals surface area (Å²) in [4.78, 5) is 0.314. The molecular formula is C15H14BrNOS. The Kier molecular flexibility index (Phi) is 4.56. The quantitative estimate of drug-likeness (QED) is 0.839. The highest BCUT2D eigenvalue weighted by Gasteiger charge is 2.11. The molecule has 0 aliphatic heterocycles. The summed E-state index contributed by atoms with van der Waals surface area (Å²) >= 11 is 8.51. The average Bonchev–Trinajstić information content (AvgIpc) is 2.38. The van der Waals surface area contributed by atoms with Crippen molar-refractivity contribution >= 4 is 33.1 Å². The molecule has 2 rings (SSSR count). The lowest BCUT2D eigenvalue weighted by atomic mass is 10.1. The molecule has 2 aromatic carbocycles. The van der Waals surface area contributed by atoms with Crippen molar-refractivity contribution in [3.05, 3.63) is 58.1 Å². The summed E-state index contributed by atoms with van der Waals surface area (Å²) in [6.45, 7) is 2.11. The van der Waals surface area contributed by atoms with Crippen molar-refractivity contribution in [1.29, 1.82) is 0 Å². The second-order valence-electron chi connectivity index (χ2n) is 4.08. The molecule has 0 aromatic heterocycles. The molecule has 0 fully saturated rings. The molecular weight excluding hydrogens is 322 g/mol. The van der Waals surface area contributed by atoms with Crippen LogP contribution in [-0.2, 0) is 6.42 Å². The van der Waals surface area contributed by atoms with E-state index in [0.717, 1.165) is 22.2 Å². The van der Waals surface area contributed by atoms with Gasteiger partial charge in [-0.15, -0.1) is 0 Å². The second kappa shape index (κ2) is 6.17. The van der Waals surface area contributed by atoms with Crippen molar-refractivity contribution in [2.45, 2.75) is 13.3 Å². The Balaban J connectivity index is 2.38. The van der Waals surface area contributed by atoms with Crippen molar-refractivity contribution < 1.29 is 4.74 Å². The van der Waals surface area contributed by atoms with Crippen LogP contribution in [0.25, 0.3) is 0 Å². The summed E-state index contributed by atoms with van der Waals surface area (Å²) < 4.78 is 6.73. The van der Waals surface area contributed by atoms with E-state index in [-0.39, 0.29) is 0 Å². The Morgan fingerprint density at radius 1 is 1.26 bits per heavy atom. The summed E-state index contributed by atoms with van der Waals surface area (Å²) in [5.41, 5.74) is 7.69. The highest BCUT2D eigenvalue weighted by atomic mass is 79.9. The van der Waals surface area contributed by atoms with E-state index in [2.05, 4.69) is 28.9 Å². The maximum Gasteiger partial charge on any atom is 0.138 e. The van der Waals surface area contributed by atoms with Gasteiger partial charge in [0, 0.05) is 4.47 Å². The van der Waals surface area contributed by atoms with E-state index in [1.54, 1.807) is 0 Å². The lowest BCUT2D eigenvalue weighted by Crippen LogP contribution is -2.11. The van der Waals surface area contributed by atoms with Crippen LogP contribution in [0.1, 0.15) is 18.1 Å². The van der Waals surface area contributed by atoms with Gasteiger partial charge < -0.3 is 10.5 Å². The maximum atomic E-state index is 5.90. The summed E-state index contributed by atoms with van der Waals surface area (Å²) in [6, 6.07) is 13.6. The van der Waals surface area contributed by atoms with E-state index in [9.17, 15) is 0 Å². The number of nitrogens with two attached hydrogens (primary N) is 1. The first-order chi connectivity index (χ1) is 9.11. The summed E-state index contributed by atoms with van der Waals surface area (Å²) in [5.74, 6) is 1.45. The van der Waals surface area contributed by atoms with Crippen LogP contribution in [0.3, 0.4) is 0 Å². The monoisotopic (exact) mass is 335 g/mol. The van der Waals surface area contributed by atoms with Crippen molar-refractivity contribution in [2.75, 3.05) is 0 Å². The van der Waals surface area contributed by atoms with Gasteiger partial charge in [0.05, 0.1) is 5.56 Å². The van der Waals surface area contributed by atoms with Crippen LogP contribution < -0.4 is 10.5 Å². The van der Waals surface area contributed by atoms with E-state index in [1.807, 2.05) is 36.4 Å². The molecule has 4 heteroatoms. The molecule has 0 atom stereocenters. The van der Waals surface area contributed by atoms with Crippen LogP contribution in [0.5, 0.6) is 11.5 Å². The van der Waals surface area contributed by atoms with Gasteiger partial charge >= 0.3 is 0 Å². The van der Waals surface area contributed by atoms with Crippen LogP contribution in [0, 0.1) is 0 Å². The number of hydrogen-bond acceptors (Lipinski definition) is 2. The molecule has 19 heavy (non-hydrogen) atoms. The van der Waals surface area contributed by atoms with Gasteiger partial charge in [-0.2, -0.15) is 0 Å². The molecule has 0 saturated carbocycles. The number of rotatable bonds is 4. The maximum absolute atomic E-state index is 5.90. The van der Waals surface area contributed by atoms with Crippen molar-refractivity contribution in [3.8, 4) is 11.5 Å². The number of halogens is 1. The largest absolute Gasteiger partial charge is 0.457 e. The first-order valence-electron chi connectivity index (χ1n) is 5.97. The van der Waals surface area contributed by atoms with Crippen LogP contribution in [0.2, 0.25) is 0 Å². The van der Waals surface area contributed by atoms with Crippen LogP contribution >= 0.6 is 28.1 Å². The van der Waals surface area contributed by atoms with Gasteiger partial charge in [0.1, 0.15) is 16.5 Å². The molecule has 2 aromatic rings. The molecule has 0 bridgehead atoms. The second-order valence-corrected chi connectivity index (χ2v) is 5.37. The zero-order valence-corrected chi connectivity index (χ0v) is 12.9. The van der Waals surface area contributed by atoms with Gasteiger partial charge in [0.2, 0.25) is 0 Å². The molecule has 0 spiro atoms. The third-order valence-corrected chi connectivity index (χ3v) is 3.62. The molecule has 0 aliphatic carbocycles. The molecule has 0 amide bonds. The van der Waals surface area contributed by atoms with E-state index < -0.39 is 0 Å². The molecule has 0 radical (unpaired) electrons. The standard InChI is InChI=1S/C15H14BrNOS/c1-2-10-5-3-6-11(9-10)18-13-8-4-7-12(16)14(13)15(17)19/h3-9H,2H2,1H3,(H2,17,19). The highest BCUT2D eigenvalue weighted by Crippen LogP contribution is 2.30. The molecule has 0 aliphatic rings. The van der Waals surface area contributed by atoms with Crippen LogP contribution in [0.15, 0.2) is 46.9 Å². The summed E-state index contributed by atoms with van der Waals surface area (Å²) in [6.07, 6.45) is 0.970. The van der Waals surface area contributed by atoms with Crippen molar-refractivity contribution in [2.24, 2.45) is 5.73 Å². The van der Waals surface area contributed by atoms with Gasteiger partial charge in [0.25, 0.3) is 0 Å². The SMILES string of the molecule is CCc1cccc(Oc2cccc(Br)c2C(N)=S)c1. The zero-order valence-electron chi connectivity index (χ0n) is 10.5. The summed E-state index contributed by atoms with van der Waals surface area (Å²) in [7, 11) is 0. The molecule has 0 heterocycles. The predicted molar refractivity (Wildman–Crippen MR) is 85.9 cm³/mol. The fourth-order valence-corrected chi connectivity index (χ4v) is 2.69. The Morgan fingerprint density at radius 2 is 2.00 bits per heavy atom. The number of ether oxygens (including phenoxy) is 1. The third kappa shape index (κ3) is 3.33. The topological polar surface area (TPSA) is 35.2 Å². The van der Waals surface area contributed by atoms with E-state index in [4.69, 9.17) is 22.7 Å². The van der Waals surface area contributed by atoms with Crippen molar-refractivity contribution in [1.82, 2.24) is 0 Å². The molecule has 98 valence electrons. The first kappa shape index (κ1) is 14.0. The highest BCUT2D eigenvalue weighted by molar-refractivity contribution is 9.10.